The van der Waals surface area contributed by atoms with Gasteiger partial charge in [0.05, 0.1) is 0 Å². The quantitative estimate of drug-likeness (QED) is 0.670. The maximum absolute atomic E-state index is 12.3. The van der Waals surface area contributed by atoms with Crippen molar-refractivity contribution in [3.05, 3.63) is 42.7 Å². The lowest BCUT2D eigenvalue weighted by atomic mass is 10.2. The highest BCUT2D eigenvalue weighted by Crippen LogP contribution is 2.19. The second kappa shape index (κ2) is 7.56. The summed E-state index contributed by atoms with van der Waals surface area (Å²) in [6, 6.07) is 5.72. The summed E-state index contributed by atoms with van der Waals surface area (Å²) in [6.45, 7) is 5.10. The van der Waals surface area contributed by atoms with E-state index in [9.17, 15) is 4.79 Å². The van der Waals surface area contributed by atoms with Gasteiger partial charge in [0, 0.05) is 56.8 Å². The van der Waals surface area contributed by atoms with E-state index in [-0.39, 0.29) is 12.5 Å². The highest BCUT2D eigenvalue weighted by atomic mass is 16.5. The summed E-state index contributed by atoms with van der Waals surface area (Å²) >= 11 is 0. The Labute approximate surface area is 156 Å². The fourth-order valence-corrected chi connectivity index (χ4v) is 3.04. The minimum Gasteiger partial charge on any atom is -0.353 e. The van der Waals surface area contributed by atoms with Crippen molar-refractivity contribution in [2.45, 2.75) is 19.9 Å². The van der Waals surface area contributed by atoms with Gasteiger partial charge in [0.1, 0.15) is 12.4 Å². The van der Waals surface area contributed by atoms with Gasteiger partial charge in [0.25, 0.3) is 0 Å². The molecule has 1 fully saturated rings. The Morgan fingerprint density at radius 2 is 2.07 bits per heavy atom. The molecule has 0 aromatic carbocycles. The molecule has 1 aliphatic rings. The minimum atomic E-state index is 0.0884. The first-order valence-corrected chi connectivity index (χ1v) is 9.02. The molecule has 1 aliphatic heterocycles. The molecule has 4 rings (SSSR count). The Bertz CT molecular complexity index is 881. The molecule has 0 spiro atoms. The third kappa shape index (κ3) is 3.81. The average Bonchev–Trinajstić information content (AvgIpc) is 3.40. The first-order valence-electron chi connectivity index (χ1n) is 9.02. The van der Waals surface area contributed by atoms with E-state index in [2.05, 4.69) is 25.1 Å². The third-order valence-corrected chi connectivity index (χ3v) is 4.59. The van der Waals surface area contributed by atoms with Crippen LogP contribution in [0.4, 0.5) is 5.82 Å². The summed E-state index contributed by atoms with van der Waals surface area (Å²) in [6.07, 6.45) is 5.95. The van der Waals surface area contributed by atoms with Crippen LogP contribution in [0, 0.1) is 0 Å². The van der Waals surface area contributed by atoms with E-state index in [1.54, 1.807) is 23.3 Å². The topological polar surface area (TPSA) is 93.2 Å². The van der Waals surface area contributed by atoms with Crippen molar-refractivity contribution in [3.63, 3.8) is 0 Å². The molecular formula is C18H21N7O2. The van der Waals surface area contributed by atoms with E-state index in [0.717, 1.165) is 24.5 Å². The van der Waals surface area contributed by atoms with Crippen molar-refractivity contribution < 1.29 is 9.32 Å². The normalized spacial score (nSPS) is 14.6. The smallest absolute Gasteiger partial charge is 0.244 e. The Morgan fingerprint density at radius 3 is 2.70 bits per heavy atom. The lowest BCUT2D eigenvalue weighted by molar-refractivity contribution is -0.132. The third-order valence-electron chi connectivity index (χ3n) is 4.59. The number of piperazine rings is 1. The van der Waals surface area contributed by atoms with E-state index < -0.39 is 0 Å². The van der Waals surface area contributed by atoms with Gasteiger partial charge in [-0.3, -0.25) is 9.48 Å². The number of nitrogens with zero attached hydrogens (tertiary/aromatic N) is 7. The number of hydrogen-bond acceptors (Lipinski definition) is 7. The number of rotatable bonds is 5. The number of aromatic nitrogens is 5. The number of amides is 1. The van der Waals surface area contributed by atoms with Crippen molar-refractivity contribution in [1.29, 1.82) is 0 Å². The number of anilines is 1. The van der Waals surface area contributed by atoms with Gasteiger partial charge in [-0.15, -0.1) is 0 Å². The van der Waals surface area contributed by atoms with Crippen molar-refractivity contribution in [2.24, 2.45) is 0 Å². The van der Waals surface area contributed by atoms with Crippen LogP contribution in [0.15, 0.2) is 41.3 Å². The number of pyridine rings is 1. The van der Waals surface area contributed by atoms with Gasteiger partial charge in [-0.25, -0.2) is 4.98 Å². The predicted molar refractivity (Wildman–Crippen MR) is 97.9 cm³/mol. The molecule has 3 aromatic heterocycles. The van der Waals surface area contributed by atoms with Crippen LogP contribution in [0.25, 0.3) is 11.4 Å². The van der Waals surface area contributed by atoms with Crippen LogP contribution in [-0.4, -0.2) is 61.9 Å². The molecule has 0 unspecified atom stereocenters. The molecular weight excluding hydrogens is 346 g/mol. The Kier molecular flexibility index (Phi) is 4.82. The molecule has 0 saturated carbocycles. The zero-order valence-corrected chi connectivity index (χ0v) is 15.2. The Morgan fingerprint density at radius 1 is 1.22 bits per heavy atom. The predicted octanol–water partition coefficient (Wildman–Crippen LogP) is 1.24. The summed E-state index contributed by atoms with van der Waals surface area (Å²) in [4.78, 5) is 25.2. The highest BCUT2D eigenvalue weighted by Gasteiger charge is 2.22. The molecule has 1 saturated heterocycles. The summed E-state index contributed by atoms with van der Waals surface area (Å²) < 4.78 is 6.79. The van der Waals surface area contributed by atoms with Gasteiger partial charge in [0.15, 0.2) is 0 Å². The molecule has 27 heavy (non-hydrogen) atoms. The minimum absolute atomic E-state index is 0.0884. The summed E-state index contributed by atoms with van der Waals surface area (Å²) in [5, 5.41) is 8.05. The van der Waals surface area contributed by atoms with Gasteiger partial charge in [0.2, 0.25) is 17.6 Å². The number of hydrogen-bond donors (Lipinski definition) is 0. The van der Waals surface area contributed by atoms with E-state index in [1.807, 2.05) is 30.0 Å². The molecule has 0 N–H and O–H groups in total. The van der Waals surface area contributed by atoms with E-state index in [1.165, 1.54) is 0 Å². The van der Waals surface area contributed by atoms with Crippen LogP contribution in [0.5, 0.6) is 0 Å². The summed E-state index contributed by atoms with van der Waals surface area (Å²) in [7, 11) is 0. The molecule has 9 heteroatoms. The molecule has 0 radical (unpaired) electrons. The summed E-state index contributed by atoms with van der Waals surface area (Å²) in [5.74, 6) is 2.15. The van der Waals surface area contributed by atoms with Crippen molar-refractivity contribution in [3.8, 4) is 11.4 Å². The van der Waals surface area contributed by atoms with Crippen LogP contribution in [-0.2, 0) is 17.8 Å². The number of carbonyl (C=O) groups excluding carboxylic acids is 1. The van der Waals surface area contributed by atoms with E-state index in [4.69, 9.17) is 4.52 Å². The standard InChI is InChI=1S/C18H21N7O2/c1-2-16-21-18(22-27-16)14-4-5-15(19-12-14)23-8-10-24(11-9-23)17(26)13-25-7-3-6-20-25/h3-7,12H,2,8-11,13H2,1H3. The monoisotopic (exact) mass is 367 g/mol. The first kappa shape index (κ1) is 17.2. The first-order chi connectivity index (χ1) is 13.2. The second-order valence-electron chi connectivity index (χ2n) is 6.34. The molecule has 0 atom stereocenters. The van der Waals surface area contributed by atoms with Crippen molar-refractivity contribution in [2.75, 3.05) is 31.1 Å². The van der Waals surface area contributed by atoms with E-state index in [0.29, 0.717) is 31.2 Å². The molecule has 1 amide bonds. The van der Waals surface area contributed by atoms with Gasteiger partial charge < -0.3 is 14.3 Å². The van der Waals surface area contributed by atoms with Gasteiger partial charge >= 0.3 is 0 Å². The van der Waals surface area contributed by atoms with Gasteiger partial charge in [-0.05, 0) is 18.2 Å². The Balaban J connectivity index is 1.34. The molecule has 0 aliphatic carbocycles. The van der Waals surface area contributed by atoms with Gasteiger partial charge in [-0.2, -0.15) is 10.1 Å². The zero-order valence-electron chi connectivity index (χ0n) is 15.2. The second-order valence-corrected chi connectivity index (χ2v) is 6.34. The highest BCUT2D eigenvalue weighted by molar-refractivity contribution is 5.76. The fourth-order valence-electron chi connectivity index (χ4n) is 3.04. The average molecular weight is 367 g/mol. The fraction of sp³-hybridized carbons (Fsp3) is 0.389. The molecule has 0 bridgehead atoms. The van der Waals surface area contributed by atoms with Gasteiger partial charge in [-0.1, -0.05) is 12.1 Å². The van der Waals surface area contributed by atoms with Crippen LogP contribution in [0.2, 0.25) is 0 Å². The number of carbonyl (C=O) groups is 1. The largest absolute Gasteiger partial charge is 0.353 e. The van der Waals surface area contributed by atoms with Crippen LogP contribution in [0.3, 0.4) is 0 Å². The molecule has 140 valence electrons. The van der Waals surface area contributed by atoms with Crippen LogP contribution in [0.1, 0.15) is 12.8 Å². The van der Waals surface area contributed by atoms with Crippen molar-refractivity contribution >= 4 is 11.7 Å². The molecule has 9 nitrogen and oxygen atoms in total. The zero-order chi connectivity index (χ0) is 18.6. The Hall–Kier alpha value is -3.23. The van der Waals surface area contributed by atoms with Crippen LogP contribution >= 0.6 is 0 Å². The lowest BCUT2D eigenvalue weighted by Crippen LogP contribution is -2.49. The maximum Gasteiger partial charge on any atom is 0.244 e. The van der Waals surface area contributed by atoms with E-state index >= 15 is 0 Å². The molecule has 4 heterocycles. The SMILES string of the molecule is CCc1nc(-c2ccc(N3CCN(C(=O)Cn4cccn4)CC3)nc2)no1. The summed E-state index contributed by atoms with van der Waals surface area (Å²) in [5.41, 5.74) is 0.829. The lowest BCUT2D eigenvalue weighted by Gasteiger charge is -2.35. The maximum atomic E-state index is 12.3. The molecule has 3 aromatic rings. The van der Waals surface area contributed by atoms with Crippen molar-refractivity contribution in [1.82, 2.24) is 29.8 Å². The van der Waals surface area contributed by atoms with Crippen LogP contribution < -0.4 is 4.90 Å². The number of aryl methyl sites for hydroxylation is 1.